The van der Waals surface area contributed by atoms with Crippen LogP contribution in [0.2, 0.25) is 0 Å². The van der Waals surface area contributed by atoms with Crippen molar-refractivity contribution in [2.45, 2.75) is 361 Å². The van der Waals surface area contributed by atoms with Crippen molar-refractivity contribution in [3.8, 4) is 0 Å². The average molecular weight is 1130 g/mol. The molecule has 0 saturated carbocycles. The van der Waals surface area contributed by atoms with Gasteiger partial charge in [-0.2, -0.15) is 0 Å². The summed E-state index contributed by atoms with van der Waals surface area (Å²) in [5.41, 5.74) is 0. The van der Waals surface area contributed by atoms with Crippen LogP contribution in [-0.4, -0.2) is 37.2 Å². The third-order valence-electron chi connectivity index (χ3n) is 15.4. The number of ether oxygens (including phenoxy) is 3. The predicted molar refractivity (Wildman–Crippen MR) is 353 cm³/mol. The maximum atomic E-state index is 13.0. The molecule has 0 rings (SSSR count). The molecule has 0 spiro atoms. The number of hydrogen-bond acceptors (Lipinski definition) is 6. The van der Waals surface area contributed by atoms with E-state index >= 15 is 0 Å². The van der Waals surface area contributed by atoms with Gasteiger partial charge in [0, 0.05) is 19.3 Å². The standard InChI is InChI=1S/C75H132O6/c1-4-7-10-13-16-19-22-25-28-31-34-36-37-39-41-44-47-50-53-56-59-62-65-68-74(77)80-71-72(70-79-73(76)67-64-61-58-55-52-49-46-43-40-33-30-27-24-21-18-15-12-9-6-3)81-75(78)69-66-63-60-57-54-51-48-45-42-38-35-32-29-26-23-20-17-14-11-8-5-2/h7,10,16,19,25,28,34,36,39,41,47,50,56,59,72H,4-6,8-9,11-15,17-18,20-24,26-27,29-33,35,37-38,40,42-46,48-49,51-55,57-58,60-71H2,1-3H3/b10-7-,19-16-,28-25-,36-34-,41-39-,50-47-,59-56-. The first kappa shape index (κ1) is 77.6. The highest BCUT2D eigenvalue weighted by Crippen LogP contribution is 2.18. The van der Waals surface area contributed by atoms with Gasteiger partial charge < -0.3 is 14.2 Å². The molecule has 0 heterocycles. The van der Waals surface area contributed by atoms with E-state index in [1.54, 1.807) is 0 Å². The molecule has 6 nitrogen and oxygen atoms in total. The molecule has 0 bridgehead atoms. The van der Waals surface area contributed by atoms with Gasteiger partial charge >= 0.3 is 17.9 Å². The average Bonchev–Trinajstić information content (AvgIpc) is 3.47. The second-order valence-electron chi connectivity index (χ2n) is 23.4. The summed E-state index contributed by atoms with van der Waals surface area (Å²) < 4.78 is 17.0. The molecule has 1 atom stereocenters. The van der Waals surface area contributed by atoms with E-state index in [1.165, 1.54) is 218 Å². The van der Waals surface area contributed by atoms with Crippen molar-refractivity contribution in [2.24, 2.45) is 0 Å². The summed E-state index contributed by atoms with van der Waals surface area (Å²) in [6.07, 6.45) is 91.8. The molecule has 1 unspecified atom stereocenters. The van der Waals surface area contributed by atoms with Gasteiger partial charge in [0.05, 0.1) is 0 Å². The Kier molecular flexibility index (Phi) is 66.2. The lowest BCUT2D eigenvalue weighted by Gasteiger charge is -2.18. The molecule has 0 aromatic carbocycles. The smallest absolute Gasteiger partial charge is 0.306 e. The van der Waals surface area contributed by atoms with Gasteiger partial charge in [-0.25, -0.2) is 0 Å². The number of rotatable bonds is 64. The monoisotopic (exact) mass is 1130 g/mol. The SMILES string of the molecule is CC/C=C\C/C=C\C/C=C\C/C=C\C/C=C\C/C=C\C/C=C\CCCC(=O)OCC(COC(=O)CCCCCCCCCCCCCCCCCCCCC)OC(=O)CCCCCCCCCCCCCCCCCCCCCCC. The summed E-state index contributed by atoms with van der Waals surface area (Å²) >= 11 is 0. The highest BCUT2D eigenvalue weighted by Gasteiger charge is 2.19. The normalized spacial score (nSPS) is 12.6. The number of carbonyl (C=O) groups is 3. The Morgan fingerprint density at radius 3 is 0.753 bits per heavy atom. The minimum atomic E-state index is -0.799. The Balaban J connectivity index is 4.43. The van der Waals surface area contributed by atoms with Crippen LogP contribution in [0.4, 0.5) is 0 Å². The van der Waals surface area contributed by atoms with Crippen LogP contribution in [0.1, 0.15) is 355 Å². The van der Waals surface area contributed by atoms with E-state index in [9.17, 15) is 14.4 Å². The van der Waals surface area contributed by atoms with Gasteiger partial charge in [-0.1, -0.05) is 350 Å². The van der Waals surface area contributed by atoms with E-state index in [0.29, 0.717) is 19.3 Å². The summed E-state index contributed by atoms with van der Waals surface area (Å²) in [6.45, 7) is 6.54. The molecule has 0 aromatic heterocycles. The van der Waals surface area contributed by atoms with Crippen LogP contribution in [0.3, 0.4) is 0 Å². The van der Waals surface area contributed by atoms with Gasteiger partial charge in [0.25, 0.3) is 0 Å². The maximum absolute atomic E-state index is 13.0. The van der Waals surface area contributed by atoms with Gasteiger partial charge in [-0.15, -0.1) is 0 Å². The van der Waals surface area contributed by atoms with Gasteiger partial charge in [-0.3, -0.25) is 14.4 Å². The topological polar surface area (TPSA) is 78.9 Å². The van der Waals surface area contributed by atoms with Crippen molar-refractivity contribution in [1.29, 1.82) is 0 Å². The molecule has 0 fully saturated rings. The van der Waals surface area contributed by atoms with E-state index in [1.807, 2.05) is 0 Å². The van der Waals surface area contributed by atoms with Crippen LogP contribution >= 0.6 is 0 Å². The van der Waals surface area contributed by atoms with Crippen LogP contribution < -0.4 is 0 Å². The first-order chi connectivity index (χ1) is 40.0. The summed E-state index contributed by atoms with van der Waals surface area (Å²) in [6, 6.07) is 0. The fourth-order valence-electron chi connectivity index (χ4n) is 10.2. The number of allylic oxidation sites excluding steroid dienone is 14. The highest BCUT2D eigenvalue weighted by molar-refractivity contribution is 5.71. The van der Waals surface area contributed by atoms with E-state index in [2.05, 4.69) is 106 Å². The number of hydrogen-bond donors (Lipinski definition) is 0. The van der Waals surface area contributed by atoms with Crippen LogP contribution in [0, 0.1) is 0 Å². The second kappa shape index (κ2) is 69.1. The van der Waals surface area contributed by atoms with E-state index < -0.39 is 6.10 Å². The molecule has 0 aliphatic carbocycles. The first-order valence-corrected chi connectivity index (χ1v) is 35.1. The third-order valence-corrected chi connectivity index (χ3v) is 15.4. The third kappa shape index (κ3) is 67.3. The molecule has 0 aromatic rings. The Morgan fingerprint density at radius 2 is 0.481 bits per heavy atom. The van der Waals surface area contributed by atoms with Crippen LogP contribution in [0.25, 0.3) is 0 Å². The predicted octanol–water partition coefficient (Wildman–Crippen LogP) is 24.2. The molecular formula is C75H132O6. The second-order valence-corrected chi connectivity index (χ2v) is 23.4. The van der Waals surface area contributed by atoms with Crippen molar-refractivity contribution >= 4 is 17.9 Å². The number of unbranched alkanes of at least 4 members (excludes halogenated alkanes) is 39. The Labute approximate surface area is 503 Å². The van der Waals surface area contributed by atoms with Crippen molar-refractivity contribution in [1.82, 2.24) is 0 Å². The summed E-state index contributed by atoms with van der Waals surface area (Å²) in [5, 5.41) is 0. The highest BCUT2D eigenvalue weighted by atomic mass is 16.6. The zero-order valence-electron chi connectivity index (χ0n) is 53.8. The Hall–Kier alpha value is -3.41. The first-order valence-electron chi connectivity index (χ1n) is 35.1. The fraction of sp³-hybridized carbons (Fsp3) is 0.773. The zero-order chi connectivity index (χ0) is 58.5. The molecule has 0 N–H and O–H groups in total. The van der Waals surface area contributed by atoms with Gasteiger partial charge in [0.1, 0.15) is 13.2 Å². The largest absolute Gasteiger partial charge is 0.462 e. The molecule has 0 aliphatic rings. The van der Waals surface area contributed by atoms with E-state index in [-0.39, 0.29) is 37.5 Å². The van der Waals surface area contributed by atoms with Crippen LogP contribution in [0.15, 0.2) is 85.1 Å². The van der Waals surface area contributed by atoms with Crippen LogP contribution in [0.5, 0.6) is 0 Å². The fourth-order valence-corrected chi connectivity index (χ4v) is 10.2. The minimum absolute atomic E-state index is 0.0897. The van der Waals surface area contributed by atoms with Gasteiger partial charge in [0.15, 0.2) is 6.10 Å². The Bertz CT molecular complexity index is 1530. The number of carbonyl (C=O) groups excluding carboxylic acids is 3. The van der Waals surface area contributed by atoms with Gasteiger partial charge in [-0.05, 0) is 70.6 Å². The molecule has 81 heavy (non-hydrogen) atoms. The van der Waals surface area contributed by atoms with Gasteiger partial charge in [0.2, 0.25) is 0 Å². The Morgan fingerprint density at radius 1 is 0.259 bits per heavy atom. The lowest BCUT2D eigenvalue weighted by molar-refractivity contribution is -0.167. The summed E-state index contributed by atoms with van der Waals surface area (Å²) in [5.74, 6) is -0.929. The zero-order valence-corrected chi connectivity index (χ0v) is 53.8. The van der Waals surface area contributed by atoms with Crippen molar-refractivity contribution in [3.63, 3.8) is 0 Å². The van der Waals surface area contributed by atoms with Crippen molar-refractivity contribution in [3.05, 3.63) is 85.1 Å². The molecule has 0 radical (unpaired) electrons. The van der Waals surface area contributed by atoms with E-state index in [0.717, 1.165) is 89.9 Å². The quantitative estimate of drug-likeness (QED) is 0.0261. The minimum Gasteiger partial charge on any atom is -0.462 e. The molecule has 0 aliphatic heterocycles. The number of esters is 3. The molecule has 0 amide bonds. The van der Waals surface area contributed by atoms with Crippen LogP contribution in [-0.2, 0) is 28.6 Å². The van der Waals surface area contributed by atoms with E-state index in [4.69, 9.17) is 14.2 Å². The molecule has 6 heteroatoms. The lowest BCUT2D eigenvalue weighted by Crippen LogP contribution is -2.30. The summed E-state index contributed by atoms with van der Waals surface area (Å²) in [7, 11) is 0. The van der Waals surface area contributed by atoms with Crippen molar-refractivity contribution < 1.29 is 28.6 Å². The maximum Gasteiger partial charge on any atom is 0.306 e. The molecule has 0 saturated heterocycles. The molecular weight excluding hydrogens is 997 g/mol. The molecule has 468 valence electrons. The lowest BCUT2D eigenvalue weighted by atomic mass is 10.0. The summed E-state index contributed by atoms with van der Waals surface area (Å²) in [4.78, 5) is 38.5. The van der Waals surface area contributed by atoms with Crippen molar-refractivity contribution in [2.75, 3.05) is 13.2 Å².